The summed E-state index contributed by atoms with van der Waals surface area (Å²) in [5.74, 6) is -1.24. The maximum atomic E-state index is 11.2. The maximum absolute atomic E-state index is 11.2. The van der Waals surface area contributed by atoms with Gasteiger partial charge in [-0.25, -0.2) is 0 Å². The number of carbonyl (C=O) groups is 1. The molecule has 0 heterocycles. The van der Waals surface area contributed by atoms with E-state index < -0.39 is 11.9 Å². The number of carboxylic acid groups (broad SMARTS) is 1. The van der Waals surface area contributed by atoms with Crippen LogP contribution < -0.4 is 0 Å². The fraction of sp³-hybridized carbons (Fsp3) is 0.417. The molecule has 0 fully saturated rings. The Labute approximate surface area is 98.4 Å². The Morgan fingerprint density at radius 1 is 1.27 bits per heavy atom. The van der Waals surface area contributed by atoms with Gasteiger partial charge in [0.2, 0.25) is 0 Å². The molecule has 15 heavy (non-hydrogen) atoms. The Bertz CT molecular complexity index is 349. The van der Waals surface area contributed by atoms with Gasteiger partial charge in [0.1, 0.15) is 0 Å². The first kappa shape index (κ1) is 12.2. The van der Waals surface area contributed by atoms with Crippen LogP contribution in [-0.4, -0.2) is 11.1 Å². The van der Waals surface area contributed by atoms with Gasteiger partial charge in [-0.2, -0.15) is 0 Å². The van der Waals surface area contributed by atoms with Crippen LogP contribution in [0.3, 0.4) is 0 Å². The molecule has 3 heteroatoms. The monoisotopic (exact) mass is 270 g/mol. The van der Waals surface area contributed by atoms with E-state index in [2.05, 4.69) is 15.9 Å². The van der Waals surface area contributed by atoms with E-state index in [1.807, 2.05) is 45.0 Å². The summed E-state index contributed by atoms with van der Waals surface area (Å²) < 4.78 is 0.962. The number of benzene rings is 1. The zero-order valence-electron chi connectivity index (χ0n) is 9.12. The van der Waals surface area contributed by atoms with Crippen molar-refractivity contribution < 1.29 is 9.90 Å². The van der Waals surface area contributed by atoms with Crippen LogP contribution in [0.25, 0.3) is 0 Å². The average molecular weight is 271 g/mol. The van der Waals surface area contributed by atoms with E-state index in [9.17, 15) is 9.90 Å². The smallest absolute Gasteiger partial charge is 0.311 e. The number of carboxylic acids is 1. The summed E-state index contributed by atoms with van der Waals surface area (Å²) in [6, 6.07) is 7.45. The Morgan fingerprint density at radius 3 is 2.07 bits per heavy atom. The van der Waals surface area contributed by atoms with Crippen LogP contribution in [0.2, 0.25) is 0 Å². The molecule has 2 nitrogen and oxygen atoms in total. The molecular weight excluding hydrogens is 256 g/mol. The van der Waals surface area contributed by atoms with Crippen LogP contribution in [0.15, 0.2) is 28.7 Å². The second-order valence-electron chi connectivity index (χ2n) is 4.69. The Morgan fingerprint density at radius 2 is 1.73 bits per heavy atom. The molecule has 0 aromatic heterocycles. The van der Waals surface area contributed by atoms with Crippen molar-refractivity contribution in [2.45, 2.75) is 26.7 Å². The van der Waals surface area contributed by atoms with Crippen molar-refractivity contribution in [1.82, 2.24) is 0 Å². The summed E-state index contributed by atoms with van der Waals surface area (Å²) in [6.07, 6.45) is 0. The lowest BCUT2D eigenvalue weighted by molar-refractivity contribution is -0.141. The number of rotatable bonds is 2. The van der Waals surface area contributed by atoms with Gasteiger partial charge in [-0.15, -0.1) is 0 Å². The van der Waals surface area contributed by atoms with E-state index in [1.54, 1.807) is 0 Å². The van der Waals surface area contributed by atoms with Crippen LogP contribution >= 0.6 is 15.9 Å². The third-order valence-corrected chi connectivity index (χ3v) is 2.84. The zero-order chi connectivity index (χ0) is 11.6. The lowest BCUT2D eigenvalue weighted by Crippen LogP contribution is -2.26. The normalized spacial score (nSPS) is 13.6. The molecule has 1 atom stereocenters. The highest BCUT2D eigenvalue weighted by Gasteiger charge is 2.32. The third-order valence-electron chi connectivity index (χ3n) is 2.32. The minimum Gasteiger partial charge on any atom is -0.481 e. The third kappa shape index (κ3) is 3.06. The van der Waals surface area contributed by atoms with E-state index >= 15 is 0 Å². The molecule has 0 saturated carbocycles. The highest BCUT2D eigenvalue weighted by Crippen LogP contribution is 2.35. The molecule has 1 unspecified atom stereocenters. The first-order valence-electron chi connectivity index (χ1n) is 4.80. The molecule has 1 N–H and O–H groups in total. The van der Waals surface area contributed by atoms with Crippen molar-refractivity contribution in [2.24, 2.45) is 5.41 Å². The number of aliphatic carboxylic acids is 1. The topological polar surface area (TPSA) is 37.3 Å². The van der Waals surface area contributed by atoms with Crippen molar-refractivity contribution in [2.75, 3.05) is 0 Å². The second-order valence-corrected chi connectivity index (χ2v) is 5.60. The number of halogens is 1. The summed E-state index contributed by atoms with van der Waals surface area (Å²) in [4.78, 5) is 11.2. The molecule has 0 saturated heterocycles. The van der Waals surface area contributed by atoms with Gasteiger partial charge in [-0.05, 0) is 23.1 Å². The van der Waals surface area contributed by atoms with Crippen LogP contribution in [0.5, 0.6) is 0 Å². The van der Waals surface area contributed by atoms with Gasteiger partial charge in [0.05, 0.1) is 5.92 Å². The van der Waals surface area contributed by atoms with E-state index in [4.69, 9.17) is 0 Å². The standard InChI is InChI=1S/C12H15BrO2/c1-12(2,3)10(11(14)15)8-4-6-9(13)7-5-8/h4-7,10H,1-3H3,(H,14,15). The van der Waals surface area contributed by atoms with Gasteiger partial charge < -0.3 is 5.11 Å². The lowest BCUT2D eigenvalue weighted by Gasteiger charge is -2.27. The Balaban J connectivity index is 3.11. The largest absolute Gasteiger partial charge is 0.481 e. The molecule has 82 valence electrons. The molecule has 0 spiro atoms. The summed E-state index contributed by atoms with van der Waals surface area (Å²) in [5.41, 5.74) is 0.567. The fourth-order valence-corrected chi connectivity index (χ4v) is 1.93. The summed E-state index contributed by atoms with van der Waals surface area (Å²) in [5, 5.41) is 9.22. The van der Waals surface area contributed by atoms with E-state index in [-0.39, 0.29) is 5.41 Å². The van der Waals surface area contributed by atoms with Crippen molar-refractivity contribution in [3.8, 4) is 0 Å². The molecule has 1 aromatic carbocycles. The summed E-state index contributed by atoms with van der Waals surface area (Å²) >= 11 is 3.33. The highest BCUT2D eigenvalue weighted by molar-refractivity contribution is 9.10. The molecule has 1 rings (SSSR count). The summed E-state index contributed by atoms with van der Waals surface area (Å²) in [7, 11) is 0. The van der Waals surface area contributed by atoms with Crippen molar-refractivity contribution in [3.05, 3.63) is 34.3 Å². The quantitative estimate of drug-likeness (QED) is 0.891. The second kappa shape index (κ2) is 4.35. The first-order valence-corrected chi connectivity index (χ1v) is 5.60. The van der Waals surface area contributed by atoms with Gasteiger partial charge in [0.25, 0.3) is 0 Å². The van der Waals surface area contributed by atoms with Crippen molar-refractivity contribution in [3.63, 3.8) is 0 Å². The number of hydrogen-bond acceptors (Lipinski definition) is 1. The van der Waals surface area contributed by atoms with E-state index in [0.717, 1.165) is 10.0 Å². The first-order chi connectivity index (χ1) is 6.82. The minimum absolute atomic E-state index is 0.278. The molecule has 0 aliphatic rings. The zero-order valence-corrected chi connectivity index (χ0v) is 10.7. The SMILES string of the molecule is CC(C)(C)C(C(=O)O)c1ccc(Br)cc1. The van der Waals surface area contributed by atoms with E-state index in [1.165, 1.54) is 0 Å². The molecule has 0 amide bonds. The summed E-state index contributed by atoms with van der Waals surface area (Å²) in [6.45, 7) is 5.81. The number of hydrogen-bond donors (Lipinski definition) is 1. The molecule has 0 radical (unpaired) electrons. The molecule has 0 aliphatic heterocycles. The van der Waals surface area contributed by atoms with Crippen LogP contribution in [0, 0.1) is 5.41 Å². The van der Waals surface area contributed by atoms with Crippen LogP contribution in [0.1, 0.15) is 32.3 Å². The van der Waals surface area contributed by atoms with Crippen molar-refractivity contribution >= 4 is 21.9 Å². The molecule has 0 aliphatic carbocycles. The van der Waals surface area contributed by atoms with Gasteiger partial charge in [0.15, 0.2) is 0 Å². The van der Waals surface area contributed by atoms with Gasteiger partial charge >= 0.3 is 5.97 Å². The fourth-order valence-electron chi connectivity index (χ4n) is 1.67. The van der Waals surface area contributed by atoms with E-state index in [0.29, 0.717) is 0 Å². The Hall–Kier alpha value is -0.830. The lowest BCUT2D eigenvalue weighted by atomic mass is 9.76. The van der Waals surface area contributed by atoms with Gasteiger partial charge in [-0.1, -0.05) is 48.8 Å². The van der Waals surface area contributed by atoms with Crippen molar-refractivity contribution in [1.29, 1.82) is 0 Å². The molecule has 1 aromatic rings. The van der Waals surface area contributed by atoms with Gasteiger partial charge in [0, 0.05) is 4.47 Å². The van der Waals surface area contributed by atoms with Gasteiger partial charge in [-0.3, -0.25) is 4.79 Å². The average Bonchev–Trinajstić information content (AvgIpc) is 2.05. The maximum Gasteiger partial charge on any atom is 0.311 e. The predicted octanol–water partition coefficient (Wildman–Crippen LogP) is 3.66. The minimum atomic E-state index is -0.773. The molecule has 0 bridgehead atoms. The highest BCUT2D eigenvalue weighted by atomic mass is 79.9. The van der Waals surface area contributed by atoms with Crippen LogP contribution in [-0.2, 0) is 4.79 Å². The van der Waals surface area contributed by atoms with Crippen LogP contribution in [0.4, 0.5) is 0 Å². The molecular formula is C12H15BrO2. The Kier molecular flexibility index (Phi) is 3.55. The predicted molar refractivity (Wildman–Crippen MR) is 64.0 cm³/mol.